The van der Waals surface area contributed by atoms with Gasteiger partial charge in [-0.25, -0.2) is 0 Å². The maximum Gasteiger partial charge on any atom is 0.169 e. The summed E-state index contributed by atoms with van der Waals surface area (Å²) in [4.78, 5) is 24.7. The highest BCUT2D eigenvalue weighted by molar-refractivity contribution is 6.25. The number of H-pyrrole nitrogens is 1. The van der Waals surface area contributed by atoms with Crippen molar-refractivity contribution in [1.82, 2.24) is 9.97 Å². The number of hydrogen-bond donors (Lipinski definition) is 2. The van der Waals surface area contributed by atoms with Crippen LogP contribution >= 0.6 is 0 Å². The summed E-state index contributed by atoms with van der Waals surface area (Å²) in [5, 5.41) is 4.76. The third-order valence-corrected chi connectivity index (χ3v) is 4.44. The van der Waals surface area contributed by atoms with Crippen LogP contribution in [0.3, 0.4) is 0 Å². The zero-order valence-electron chi connectivity index (χ0n) is 11.7. The fourth-order valence-electron chi connectivity index (χ4n) is 3.50. The SMILES string of the molecule is Nc1c2c(c3c4[nH]cccc4cc4cnc1c43)=NCCC2=O. The van der Waals surface area contributed by atoms with E-state index < -0.39 is 0 Å². The molecule has 1 aliphatic rings. The molecule has 0 fully saturated rings. The fourth-order valence-corrected chi connectivity index (χ4v) is 3.50. The number of pyridine rings is 1. The monoisotopic (exact) mass is 288 g/mol. The first kappa shape index (κ1) is 11.7. The Morgan fingerprint density at radius 1 is 1.23 bits per heavy atom. The first-order valence-corrected chi connectivity index (χ1v) is 7.23. The quantitative estimate of drug-likeness (QED) is 0.385. The van der Waals surface area contributed by atoms with Crippen molar-refractivity contribution >= 4 is 44.0 Å². The standard InChI is InChI=1S/C17H12N4O/c18-14-12-10(22)3-5-20-16(12)13-11-9(7-21-17(11)14)6-8-2-1-4-19-15(8)13/h1-2,4,6-7,19H,3,5,18H2. The average molecular weight is 288 g/mol. The van der Waals surface area contributed by atoms with Crippen LogP contribution in [0.5, 0.6) is 0 Å². The summed E-state index contributed by atoms with van der Waals surface area (Å²) < 4.78 is 0. The number of nitrogens with two attached hydrogens (primary N) is 1. The molecule has 1 aliphatic heterocycles. The van der Waals surface area contributed by atoms with Gasteiger partial charge in [0.2, 0.25) is 0 Å². The van der Waals surface area contributed by atoms with Crippen LogP contribution in [-0.4, -0.2) is 22.3 Å². The van der Waals surface area contributed by atoms with Gasteiger partial charge < -0.3 is 10.7 Å². The fraction of sp³-hybridized carbons (Fsp3) is 0.118. The Kier molecular flexibility index (Phi) is 2.03. The lowest BCUT2D eigenvalue weighted by atomic mass is 9.94. The van der Waals surface area contributed by atoms with E-state index in [1.165, 1.54) is 0 Å². The predicted molar refractivity (Wildman–Crippen MR) is 86.1 cm³/mol. The molecule has 0 aliphatic carbocycles. The number of Topliss-reactive ketones (excluding diaryl/α,β-unsaturated/α-hetero) is 1. The molecule has 0 atom stereocenters. The van der Waals surface area contributed by atoms with Gasteiger partial charge in [-0.05, 0) is 17.5 Å². The summed E-state index contributed by atoms with van der Waals surface area (Å²) in [5.74, 6) is 0.0530. The third-order valence-electron chi connectivity index (χ3n) is 4.44. The molecular weight excluding hydrogens is 276 g/mol. The van der Waals surface area contributed by atoms with Gasteiger partial charge in [-0.15, -0.1) is 0 Å². The van der Waals surface area contributed by atoms with Gasteiger partial charge in [0.25, 0.3) is 0 Å². The summed E-state index contributed by atoms with van der Waals surface area (Å²) in [5.41, 5.74) is 8.91. The molecule has 106 valence electrons. The minimum atomic E-state index is 0.0530. The number of anilines is 1. The number of hydrogen-bond acceptors (Lipinski definition) is 4. The lowest BCUT2D eigenvalue weighted by Gasteiger charge is -2.14. The largest absolute Gasteiger partial charge is 0.396 e. The van der Waals surface area contributed by atoms with Crippen molar-refractivity contribution in [1.29, 1.82) is 0 Å². The second kappa shape index (κ2) is 3.82. The zero-order valence-corrected chi connectivity index (χ0v) is 11.7. The second-order valence-electron chi connectivity index (χ2n) is 5.65. The first-order chi connectivity index (χ1) is 10.8. The number of carbonyl (C=O) groups is 1. The molecule has 0 bridgehead atoms. The molecule has 0 saturated heterocycles. The second-order valence-corrected chi connectivity index (χ2v) is 5.65. The number of nitrogen functional groups attached to an aromatic ring is 1. The summed E-state index contributed by atoms with van der Waals surface area (Å²) in [7, 11) is 0. The number of aromatic amines is 1. The van der Waals surface area contributed by atoms with Crippen molar-refractivity contribution in [2.24, 2.45) is 4.99 Å². The van der Waals surface area contributed by atoms with E-state index in [4.69, 9.17) is 5.73 Å². The van der Waals surface area contributed by atoms with Crippen molar-refractivity contribution in [2.75, 3.05) is 12.3 Å². The topological polar surface area (TPSA) is 84.1 Å². The maximum atomic E-state index is 12.4. The molecule has 5 nitrogen and oxygen atoms in total. The van der Waals surface area contributed by atoms with E-state index >= 15 is 0 Å². The Morgan fingerprint density at radius 3 is 3.05 bits per heavy atom. The van der Waals surface area contributed by atoms with E-state index in [1.54, 1.807) is 0 Å². The molecule has 3 heterocycles. The number of nitrogens with one attached hydrogen (secondary N) is 1. The predicted octanol–water partition coefficient (Wildman–Crippen LogP) is 2.38. The molecule has 0 amide bonds. The Bertz CT molecular complexity index is 1160. The number of fused-ring (bicyclic) bond motifs is 4. The minimum absolute atomic E-state index is 0.0530. The maximum absolute atomic E-state index is 12.4. The van der Waals surface area contributed by atoms with Gasteiger partial charge in [0.1, 0.15) is 0 Å². The van der Waals surface area contributed by atoms with Gasteiger partial charge in [-0.3, -0.25) is 14.8 Å². The van der Waals surface area contributed by atoms with Crippen LogP contribution in [0.15, 0.2) is 35.6 Å². The van der Waals surface area contributed by atoms with Gasteiger partial charge in [0.05, 0.1) is 27.6 Å². The Hall–Kier alpha value is -2.95. The molecule has 4 aromatic rings. The molecule has 22 heavy (non-hydrogen) atoms. The highest BCUT2D eigenvalue weighted by Crippen LogP contribution is 2.35. The third kappa shape index (κ3) is 1.26. The van der Waals surface area contributed by atoms with Gasteiger partial charge in [-0.2, -0.15) is 0 Å². The Labute approximate surface area is 124 Å². The van der Waals surface area contributed by atoms with E-state index in [-0.39, 0.29) is 5.78 Å². The summed E-state index contributed by atoms with van der Waals surface area (Å²) in [6.45, 7) is 0.513. The normalized spacial score (nSPS) is 14.6. The highest BCUT2D eigenvalue weighted by Gasteiger charge is 2.24. The molecule has 0 unspecified atom stereocenters. The van der Waals surface area contributed by atoms with Gasteiger partial charge in [0.15, 0.2) is 5.78 Å². The van der Waals surface area contributed by atoms with Crippen LogP contribution < -0.4 is 11.1 Å². The van der Waals surface area contributed by atoms with E-state index in [0.717, 1.165) is 27.1 Å². The molecule has 0 saturated carbocycles. The smallest absolute Gasteiger partial charge is 0.169 e. The molecule has 5 rings (SSSR count). The van der Waals surface area contributed by atoms with Crippen LogP contribution in [0.2, 0.25) is 0 Å². The van der Waals surface area contributed by atoms with E-state index in [0.29, 0.717) is 35.1 Å². The van der Waals surface area contributed by atoms with Crippen molar-refractivity contribution < 1.29 is 4.79 Å². The van der Waals surface area contributed by atoms with Crippen LogP contribution in [-0.2, 0) is 0 Å². The first-order valence-electron chi connectivity index (χ1n) is 7.23. The zero-order chi connectivity index (χ0) is 14.8. The van der Waals surface area contributed by atoms with E-state index in [1.807, 2.05) is 24.5 Å². The number of ketones is 1. The van der Waals surface area contributed by atoms with E-state index in [9.17, 15) is 4.79 Å². The van der Waals surface area contributed by atoms with Crippen molar-refractivity contribution in [2.45, 2.75) is 6.42 Å². The average Bonchev–Trinajstić information content (AvgIpc) is 2.95. The van der Waals surface area contributed by atoms with Crippen LogP contribution in [0.4, 0.5) is 5.69 Å². The highest BCUT2D eigenvalue weighted by atomic mass is 16.1. The Balaban J connectivity index is 2.23. The molecule has 5 heteroatoms. The van der Waals surface area contributed by atoms with Crippen LogP contribution in [0.1, 0.15) is 16.8 Å². The van der Waals surface area contributed by atoms with Gasteiger partial charge >= 0.3 is 0 Å². The van der Waals surface area contributed by atoms with Crippen molar-refractivity contribution in [3.63, 3.8) is 0 Å². The molecule has 2 aromatic heterocycles. The number of nitrogens with zero attached hydrogens (tertiary/aromatic N) is 2. The lowest BCUT2D eigenvalue weighted by Crippen LogP contribution is -2.25. The molecule has 0 spiro atoms. The number of rotatable bonds is 0. The van der Waals surface area contributed by atoms with Crippen LogP contribution in [0, 0.1) is 0 Å². The number of benzene rings is 2. The molecule has 0 radical (unpaired) electrons. The lowest BCUT2D eigenvalue weighted by molar-refractivity contribution is 0.0981. The number of aromatic nitrogens is 2. The van der Waals surface area contributed by atoms with Crippen molar-refractivity contribution in [3.05, 3.63) is 41.5 Å². The minimum Gasteiger partial charge on any atom is -0.396 e. The molecule has 3 N–H and O–H groups in total. The van der Waals surface area contributed by atoms with Crippen LogP contribution in [0.25, 0.3) is 32.6 Å². The molecule has 2 aromatic carbocycles. The Morgan fingerprint density at radius 2 is 2.14 bits per heavy atom. The summed E-state index contributed by atoms with van der Waals surface area (Å²) >= 11 is 0. The van der Waals surface area contributed by atoms with Crippen molar-refractivity contribution in [3.8, 4) is 0 Å². The number of carbonyl (C=O) groups excluding carboxylic acids is 1. The van der Waals surface area contributed by atoms with Gasteiger partial charge in [0, 0.05) is 41.5 Å². The summed E-state index contributed by atoms with van der Waals surface area (Å²) in [6, 6.07) is 6.09. The molecular formula is C17H12N4O. The summed E-state index contributed by atoms with van der Waals surface area (Å²) in [6.07, 6.45) is 4.11. The van der Waals surface area contributed by atoms with Gasteiger partial charge in [-0.1, -0.05) is 6.07 Å². The van der Waals surface area contributed by atoms with E-state index in [2.05, 4.69) is 21.0 Å².